The summed E-state index contributed by atoms with van der Waals surface area (Å²) in [6, 6.07) is 0.369. The number of piperazine rings is 1. The smallest absolute Gasteiger partial charge is 0.276 e. The molecule has 1 saturated heterocycles. The maximum absolute atomic E-state index is 11.5. The van der Waals surface area contributed by atoms with Gasteiger partial charge in [0.05, 0.1) is 6.54 Å². The second-order valence-electron chi connectivity index (χ2n) is 4.56. The Labute approximate surface area is 101 Å². The molecule has 7 nitrogen and oxygen atoms in total. The van der Waals surface area contributed by atoms with Crippen molar-refractivity contribution < 1.29 is 13.2 Å². The van der Waals surface area contributed by atoms with Crippen LogP contribution in [0.15, 0.2) is 0 Å². The number of hydrogen-bond donors (Lipinski definition) is 2. The lowest BCUT2D eigenvalue weighted by Gasteiger charge is -2.32. The average molecular weight is 262 g/mol. The summed E-state index contributed by atoms with van der Waals surface area (Å²) in [4.78, 5) is 13.5. The summed E-state index contributed by atoms with van der Waals surface area (Å²) in [5.41, 5.74) is 0. The van der Waals surface area contributed by atoms with E-state index < -0.39 is 10.2 Å². The van der Waals surface area contributed by atoms with Crippen molar-refractivity contribution in [2.24, 2.45) is 5.14 Å². The molecule has 8 heteroatoms. The molecular formula is C9H18N4O3S. The van der Waals surface area contributed by atoms with Crippen LogP contribution in [0.1, 0.15) is 12.8 Å². The molecule has 1 amide bonds. The molecule has 2 aliphatic rings. The zero-order valence-corrected chi connectivity index (χ0v) is 10.4. The molecule has 17 heavy (non-hydrogen) atoms. The first kappa shape index (κ1) is 12.7. The molecule has 1 aliphatic heterocycles. The van der Waals surface area contributed by atoms with E-state index in [1.54, 1.807) is 0 Å². The van der Waals surface area contributed by atoms with Crippen molar-refractivity contribution in [1.29, 1.82) is 0 Å². The van der Waals surface area contributed by atoms with Crippen LogP contribution in [0.3, 0.4) is 0 Å². The molecule has 3 N–H and O–H groups in total. The Hall–Kier alpha value is -0.700. The van der Waals surface area contributed by atoms with Crippen molar-refractivity contribution in [3.8, 4) is 0 Å². The highest BCUT2D eigenvalue weighted by atomic mass is 32.2. The summed E-state index contributed by atoms with van der Waals surface area (Å²) in [5.74, 6) is 0.0246. The van der Waals surface area contributed by atoms with Gasteiger partial charge in [0.15, 0.2) is 0 Å². The SMILES string of the molecule is NS(=O)(=O)N1CCN(CC(=O)NC2CC2)CC1. The fourth-order valence-electron chi connectivity index (χ4n) is 1.85. The lowest BCUT2D eigenvalue weighted by molar-refractivity contribution is -0.122. The Morgan fingerprint density at radius 2 is 1.82 bits per heavy atom. The molecule has 0 unspecified atom stereocenters. The van der Waals surface area contributed by atoms with Crippen molar-refractivity contribution in [2.75, 3.05) is 32.7 Å². The van der Waals surface area contributed by atoms with E-state index in [1.807, 2.05) is 4.90 Å². The fourth-order valence-corrected chi connectivity index (χ4v) is 2.52. The first-order valence-electron chi connectivity index (χ1n) is 5.75. The number of rotatable bonds is 4. The molecule has 98 valence electrons. The Morgan fingerprint density at radius 3 is 2.29 bits per heavy atom. The molecule has 1 saturated carbocycles. The standard InChI is InChI=1S/C9H18N4O3S/c10-17(15,16)13-5-3-12(4-6-13)7-9(14)11-8-1-2-8/h8H,1-7H2,(H,11,14)(H2,10,15,16). The normalized spacial score (nSPS) is 23.6. The number of nitrogens with one attached hydrogen (secondary N) is 1. The fraction of sp³-hybridized carbons (Fsp3) is 0.889. The average Bonchev–Trinajstić information content (AvgIpc) is 3.01. The topological polar surface area (TPSA) is 95.7 Å². The van der Waals surface area contributed by atoms with E-state index >= 15 is 0 Å². The molecule has 2 fully saturated rings. The molecule has 0 aromatic heterocycles. The van der Waals surface area contributed by atoms with Crippen molar-refractivity contribution in [3.05, 3.63) is 0 Å². The van der Waals surface area contributed by atoms with Gasteiger partial charge in [-0.3, -0.25) is 9.69 Å². The first-order valence-corrected chi connectivity index (χ1v) is 7.25. The van der Waals surface area contributed by atoms with Gasteiger partial charge in [-0.15, -0.1) is 0 Å². The van der Waals surface area contributed by atoms with Crippen LogP contribution in [0.5, 0.6) is 0 Å². The van der Waals surface area contributed by atoms with Gasteiger partial charge < -0.3 is 5.32 Å². The largest absolute Gasteiger partial charge is 0.352 e. The lowest BCUT2D eigenvalue weighted by atomic mass is 10.3. The minimum atomic E-state index is -3.58. The van der Waals surface area contributed by atoms with Gasteiger partial charge in [0.1, 0.15) is 0 Å². The molecule has 0 radical (unpaired) electrons. The molecule has 1 aliphatic carbocycles. The van der Waals surface area contributed by atoms with Crippen molar-refractivity contribution in [3.63, 3.8) is 0 Å². The summed E-state index contributed by atoms with van der Waals surface area (Å²) in [6.07, 6.45) is 2.15. The van der Waals surface area contributed by atoms with Crippen LogP contribution in [0, 0.1) is 0 Å². The minimum absolute atomic E-state index is 0.0246. The Bertz CT molecular complexity index is 385. The Morgan fingerprint density at radius 1 is 1.24 bits per heavy atom. The van der Waals surface area contributed by atoms with Gasteiger partial charge in [-0.2, -0.15) is 12.7 Å². The number of nitrogens with zero attached hydrogens (tertiary/aromatic N) is 2. The van der Waals surface area contributed by atoms with Gasteiger partial charge in [0.25, 0.3) is 10.2 Å². The maximum atomic E-state index is 11.5. The van der Waals surface area contributed by atoms with Gasteiger partial charge in [0.2, 0.25) is 5.91 Å². The summed E-state index contributed by atoms with van der Waals surface area (Å²) in [7, 11) is -3.58. The number of amides is 1. The van der Waals surface area contributed by atoms with E-state index in [-0.39, 0.29) is 5.91 Å². The highest BCUT2D eigenvalue weighted by molar-refractivity contribution is 7.86. The summed E-state index contributed by atoms with van der Waals surface area (Å²) in [6.45, 7) is 2.16. The van der Waals surface area contributed by atoms with Crippen molar-refractivity contribution in [2.45, 2.75) is 18.9 Å². The van der Waals surface area contributed by atoms with Crippen LogP contribution in [-0.2, 0) is 15.0 Å². The van der Waals surface area contributed by atoms with E-state index in [9.17, 15) is 13.2 Å². The van der Waals surface area contributed by atoms with Gasteiger partial charge >= 0.3 is 0 Å². The minimum Gasteiger partial charge on any atom is -0.352 e. The van der Waals surface area contributed by atoms with E-state index in [4.69, 9.17) is 5.14 Å². The number of carbonyl (C=O) groups is 1. The number of nitrogens with two attached hydrogens (primary N) is 1. The van der Waals surface area contributed by atoms with Gasteiger partial charge in [-0.1, -0.05) is 0 Å². The molecule has 0 atom stereocenters. The Balaban J connectivity index is 1.73. The highest BCUT2D eigenvalue weighted by Crippen LogP contribution is 2.18. The van der Waals surface area contributed by atoms with E-state index in [0.717, 1.165) is 12.8 Å². The predicted molar refractivity (Wildman–Crippen MR) is 62.3 cm³/mol. The molecular weight excluding hydrogens is 244 g/mol. The van der Waals surface area contributed by atoms with Crippen LogP contribution in [0.4, 0.5) is 0 Å². The predicted octanol–water partition coefficient (Wildman–Crippen LogP) is -1.91. The molecule has 0 bridgehead atoms. The van der Waals surface area contributed by atoms with Gasteiger partial charge in [-0.05, 0) is 12.8 Å². The highest BCUT2D eigenvalue weighted by Gasteiger charge is 2.27. The second-order valence-corrected chi connectivity index (χ2v) is 6.11. The van der Waals surface area contributed by atoms with Crippen LogP contribution in [-0.4, -0.2) is 62.3 Å². The van der Waals surface area contributed by atoms with Crippen molar-refractivity contribution in [1.82, 2.24) is 14.5 Å². The second kappa shape index (κ2) is 4.89. The number of carbonyl (C=O) groups excluding carboxylic acids is 1. The van der Waals surface area contributed by atoms with Gasteiger partial charge in [-0.25, -0.2) is 5.14 Å². The zero-order chi connectivity index (χ0) is 12.5. The van der Waals surface area contributed by atoms with Gasteiger partial charge in [0, 0.05) is 32.2 Å². The molecule has 0 aromatic rings. The van der Waals surface area contributed by atoms with Crippen LogP contribution in [0.25, 0.3) is 0 Å². The molecule has 0 aromatic carbocycles. The van der Waals surface area contributed by atoms with E-state index in [1.165, 1.54) is 4.31 Å². The monoisotopic (exact) mass is 262 g/mol. The zero-order valence-electron chi connectivity index (χ0n) is 9.63. The Kier molecular flexibility index (Phi) is 3.67. The van der Waals surface area contributed by atoms with Crippen molar-refractivity contribution >= 4 is 16.1 Å². The number of hydrogen-bond acceptors (Lipinski definition) is 4. The summed E-state index contributed by atoms with van der Waals surface area (Å²) < 4.78 is 23.4. The maximum Gasteiger partial charge on any atom is 0.276 e. The molecule has 0 spiro atoms. The summed E-state index contributed by atoms with van der Waals surface area (Å²) >= 11 is 0. The van der Waals surface area contributed by atoms with Crippen LogP contribution in [0.2, 0.25) is 0 Å². The molecule has 1 heterocycles. The third kappa shape index (κ3) is 3.91. The third-order valence-corrected chi connectivity index (χ3v) is 4.09. The third-order valence-electron chi connectivity index (χ3n) is 3.00. The van der Waals surface area contributed by atoms with E-state index in [2.05, 4.69) is 5.32 Å². The van der Waals surface area contributed by atoms with Crippen LogP contribution < -0.4 is 10.5 Å². The first-order chi connectivity index (χ1) is 7.95. The lowest BCUT2D eigenvalue weighted by Crippen LogP contribution is -2.52. The quantitative estimate of drug-likeness (QED) is 0.618. The van der Waals surface area contributed by atoms with E-state index in [0.29, 0.717) is 38.8 Å². The van der Waals surface area contributed by atoms with Crippen LogP contribution >= 0.6 is 0 Å². The molecule has 2 rings (SSSR count). The summed E-state index contributed by atoms with van der Waals surface area (Å²) in [5, 5.41) is 7.94.